The third-order valence-electron chi connectivity index (χ3n) is 1.52. The highest BCUT2D eigenvalue weighted by Crippen LogP contribution is 2.10. The predicted molar refractivity (Wildman–Crippen MR) is 39.2 cm³/mol. The van der Waals surface area contributed by atoms with Crippen LogP contribution in [-0.2, 0) is 9.53 Å². The summed E-state index contributed by atoms with van der Waals surface area (Å²) < 4.78 is 5.02. The minimum atomic E-state index is -0.828. The van der Waals surface area contributed by atoms with Gasteiger partial charge < -0.3 is 9.84 Å². The molecule has 1 heterocycles. The quantitative estimate of drug-likeness (QED) is 0.517. The molecule has 58 valence electrons. The highest BCUT2D eigenvalue weighted by atomic mass is 32.1. The standard InChI is InChI=1S/C6H10O3S/c7-4-1-2-9-5(3-10)6(4)8/h4-5,7,10H,1-3H2. The molecule has 3 nitrogen and oxygen atoms in total. The molecule has 0 saturated carbocycles. The molecular weight excluding hydrogens is 152 g/mol. The number of carbonyl (C=O) groups excluding carboxylic acids is 1. The lowest BCUT2D eigenvalue weighted by molar-refractivity contribution is -0.145. The van der Waals surface area contributed by atoms with E-state index in [1.807, 2.05) is 0 Å². The van der Waals surface area contributed by atoms with E-state index in [1.165, 1.54) is 0 Å². The van der Waals surface area contributed by atoms with E-state index >= 15 is 0 Å². The van der Waals surface area contributed by atoms with Gasteiger partial charge in [-0.05, 0) is 0 Å². The van der Waals surface area contributed by atoms with Crippen molar-refractivity contribution in [3.63, 3.8) is 0 Å². The number of hydrogen-bond donors (Lipinski definition) is 2. The van der Waals surface area contributed by atoms with Crippen molar-refractivity contribution >= 4 is 18.4 Å². The van der Waals surface area contributed by atoms with Gasteiger partial charge in [-0.2, -0.15) is 12.6 Å². The molecule has 1 rings (SSSR count). The molecule has 0 aromatic carbocycles. The molecule has 1 aliphatic heterocycles. The van der Waals surface area contributed by atoms with Crippen molar-refractivity contribution in [2.24, 2.45) is 0 Å². The Morgan fingerprint density at radius 1 is 1.80 bits per heavy atom. The molecule has 0 bridgehead atoms. The topological polar surface area (TPSA) is 46.5 Å². The molecule has 0 amide bonds. The highest BCUT2D eigenvalue weighted by Gasteiger charge is 2.29. The van der Waals surface area contributed by atoms with Gasteiger partial charge in [-0.1, -0.05) is 0 Å². The summed E-state index contributed by atoms with van der Waals surface area (Å²) in [6, 6.07) is 0. The Morgan fingerprint density at radius 2 is 2.50 bits per heavy atom. The fraction of sp³-hybridized carbons (Fsp3) is 0.833. The van der Waals surface area contributed by atoms with Crippen LogP contribution in [-0.4, -0.2) is 35.5 Å². The van der Waals surface area contributed by atoms with Crippen molar-refractivity contribution in [3.05, 3.63) is 0 Å². The van der Waals surface area contributed by atoms with Crippen LogP contribution in [0.5, 0.6) is 0 Å². The van der Waals surface area contributed by atoms with E-state index in [4.69, 9.17) is 9.84 Å². The average Bonchev–Trinajstić information content (AvgIpc) is 1.95. The number of rotatable bonds is 1. The zero-order valence-electron chi connectivity index (χ0n) is 5.49. The number of ketones is 1. The molecule has 10 heavy (non-hydrogen) atoms. The second-order valence-electron chi connectivity index (χ2n) is 2.25. The van der Waals surface area contributed by atoms with E-state index in [-0.39, 0.29) is 5.78 Å². The van der Waals surface area contributed by atoms with Gasteiger partial charge in [-0.3, -0.25) is 4.79 Å². The molecular formula is C6H10O3S. The molecule has 1 fully saturated rings. The Kier molecular flexibility index (Phi) is 2.71. The first-order valence-corrected chi connectivity index (χ1v) is 3.83. The molecule has 0 radical (unpaired) electrons. The molecule has 0 aromatic rings. The first-order chi connectivity index (χ1) is 4.75. The van der Waals surface area contributed by atoms with Gasteiger partial charge in [0.1, 0.15) is 12.2 Å². The highest BCUT2D eigenvalue weighted by molar-refractivity contribution is 7.80. The summed E-state index contributed by atoms with van der Waals surface area (Å²) in [5.41, 5.74) is 0. The Balaban J connectivity index is 2.51. The van der Waals surface area contributed by atoms with Crippen LogP contribution < -0.4 is 0 Å². The lowest BCUT2D eigenvalue weighted by atomic mass is 10.1. The van der Waals surface area contributed by atoms with Gasteiger partial charge in [-0.15, -0.1) is 0 Å². The van der Waals surface area contributed by atoms with Crippen LogP contribution in [0.3, 0.4) is 0 Å². The maximum Gasteiger partial charge on any atom is 0.190 e. The van der Waals surface area contributed by atoms with Gasteiger partial charge >= 0.3 is 0 Å². The first kappa shape index (κ1) is 8.04. The SMILES string of the molecule is O=C1C(O)CCOC1CS. The molecule has 2 atom stereocenters. The van der Waals surface area contributed by atoms with Crippen LogP contribution in [0, 0.1) is 0 Å². The zero-order valence-corrected chi connectivity index (χ0v) is 6.38. The number of thiol groups is 1. The van der Waals surface area contributed by atoms with Crippen molar-refractivity contribution in [2.45, 2.75) is 18.6 Å². The summed E-state index contributed by atoms with van der Waals surface area (Å²) >= 11 is 3.91. The van der Waals surface area contributed by atoms with Gasteiger partial charge in [0, 0.05) is 12.2 Å². The molecule has 0 aliphatic carbocycles. The fourth-order valence-electron chi connectivity index (χ4n) is 0.904. The van der Waals surface area contributed by atoms with Crippen molar-refractivity contribution in [1.82, 2.24) is 0 Å². The Labute approximate surface area is 64.8 Å². The third-order valence-corrected chi connectivity index (χ3v) is 1.85. The number of hydrogen-bond acceptors (Lipinski definition) is 4. The summed E-state index contributed by atoms with van der Waals surface area (Å²) in [5, 5.41) is 9.02. The van der Waals surface area contributed by atoms with E-state index < -0.39 is 12.2 Å². The third kappa shape index (κ3) is 1.51. The fourth-order valence-corrected chi connectivity index (χ4v) is 1.19. The van der Waals surface area contributed by atoms with Crippen molar-refractivity contribution in [2.75, 3.05) is 12.4 Å². The largest absolute Gasteiger partial charge is 0.385 e. The smallest absolute Gasteiger partial charge is 0.190 e. The molecule has 4 heteroatoms. The van der Waals surface area contributed by atoms with Gasteiger partial charge in [0.2, 0.25) is 0 Å². The number of Topliss-reactive ketones (excluding diaryl/α,β-unsaturated/α-hetero) is 1. The molecule has 0 spiro atoms. The van der Waals surface area contributed by atoms with Crippen LogP contribution in [0.25, 0.3) is 0 Å². The maximum absolute atomic E-state index is 10.9. The Morgan fingerprint density at radius 3 is 3.00 bits per heavy atom. The molecule has 1 N–H and O–H groups in total. The lowest BCUT2D eigenvalue weighted by Crippen LogP contribution is -2.41. The number of aliphatic hydroxyl groups excluding tert-OH is 1. The summed E-state index contributed by atoms with van der Waals surface area (Å²) in [7, 11) is 0. The summed E-state index contributed by atoms with van der Waals surface area (Å²) in [6.07, 6.45) is -0.902. The van der Waals surface area contributed by atoms with E-state index in [2.05, 4.69) is 12.6 Å². The Hall–Kier alpha value is -0.0600. The molecule has 0 aromatic heterocycles. The predicted octanol–water partition coefficient (Wildman–Crippen LogP) is -0.365. The number of carbonyl (C=O) groups is 1. The monoisotopic (exact) mass is 162 g/mol. The Bertz CT molecular complexity index is 137. The van der Waals surface area contributed by atoms with Crippen LogP contribution in [0.4, 0.5) is 0 Å². The van der Waals surface area contributed by atoms with Gasteiger partial charge in [-0.25, -0.2) is 0 Å². The van der Waals surface area contributed by atoms with Gasteiger partial charge in [0.15, 0.2) is 5.78 Å². The normalized spacial score (nSPS) is 34.4. The zero-order chi connectivity index (χ0) is 7.56. The second kappa shape index (κ2) is 3.37. The van der Waals surface area contributed by atoms with E-state index in [0.29, 0.717) is 18.8 Å². The van der Waals surface area contributed by atoms with Crippen molar-refractivity contribution in [3.8, 4) is 0 Å². The molecule has 2 unspecified atom stereocenters. The second-order valence-corrected chi connectivity index (χ2v) is 2.61. The van der Waals surface area contributed by atoms with E-state index in [9.17, 15) is 4.79 Å². The summed E-state index contributed by atoms with van der Waals surface area (Å²) in [4.78, 5) is 10.9. The van der Waals surface area contributed by atoms with Crippen LogP contribution in [0.1, 0.15) is 6.42 Å². The van der Waals surface area contributed by atoms with Crippen LogP contribution in [0.15, 0.2) is 0 Å². The molecule has 1 saturated heterocycles. The van der Waals surface area contributed by atoms with Crippen LogP contribution in [0.2, 0.25) is 0 Å². The maximum atomic E-state index is 10.9. The number of aliphatic hydroxyl groups is 1. The van der Waals surface area contributed by atoms with Gasteiger partial charge in [0.25, 0.3) is 0 Å². The summed E-state index contributed by atoms with van der Waals surface area (Å²) in [5.74, 6) is 0.122. The average molecular weight is 162 g/mol. The van der Waals surface area contributed by atoms with E-state index in [1.54, 1.807) is 0 Å². The minimum Gasteiger partial charge on any atom is -0.385 e. The number of ether oxygens (including phenoxy) is 1. The van der Waals surface area contributed by atoms with Crippen molar-refractivity contribution in [1.29, 1.82) is 0 Å². The summed E-state index contributed by atoms with van der Waals surface area (Å²) in [6.45, 7) is 0.456. The van der Waals surface area contributed by atoms with Gasteiger partial charge in [0.05, 0.1) is 6.61 Å². The van der Waals surface area contributed by atoms with Crippen LogP contribution >= 0.6 is 12.6 Å². The first-order valence-electron chi connectivity index (χ1n) is 3.20. The van der Waals surface area contributed by atoms with E-state index in [0.717, 1.165) is 0 Å². The lowest BCUT2D eigenvalue weighted by Gasteiger charge is -2.23. The molecule has 1 aliphatic rings. The minimum absolute atomic E-state index is 0.235. The van der Waals surface area contributed by atoms with Crippen molar-refractivity contribution < 1.29 is 14.6 Å².